The van der Waals surface area contributed by atoms with Crippen LogP contribution in [0.3, 0.4) is 0 Å². The van der Waals surface area contributed by atoms with Crippen molar-refractivity contribution in [2.45, 2.75) is 34.3 Å². The Hall–Kier alpha value is -1.31. The summed E-state index contributed by atoms with van der Waals surface area (Å²) in [5.74, 6) is 0. The lowest BCUT2D eigenvalue weighted by Gasteiger charge is -2.16. The molecule has 0 fully saturated rings. The van der Waals surface area contributed by atoms with Gasteiger partial charge in [-0.05, 0) is 12.5 Å². The zero-order valence-electron chi connectivity index (χ0n) is 9.95. The van der Waals surface area contributed by atoms with Crippen LogP contribution in [0.1, 0.15) is 33.3 Å². The molecule has 2 heteroatoms. The van der Waals surface area contributed by atoms with Gasteiger partial charge in [0.2, 0.25) is 0 Å². The molecule has 0 heterocycles. The number of benzene rings is 1. The topological polar surface area (TPSA) is 21.6 Å². The molecular weight excluding hydrogens is 186 g/mol. The first-order valence-electron chi connectivity index (χ1n) is 5.21. The Morgan fingerprint density at radius 1 is 1.20 bits per heavy atom. The lowest BCUT2D eigenvalue weighted by atomic mass is 9.91. The fraction of sp³-hybridized carbons (Fsp3) is 0.462. The molecule has 0 bridgehead atoms. The summed E-state index contributed by atoms with van der Waals surface area (Å²) < 4.78 is 0. The fourth-order valence-corrected chi connectivity index (χ4v) is 0.915. The van der Waals surface area contributed by atoms with Gasteiger partial charge in [0, 0.05) is 5.41 Å². The standard InChI is InChI=1S/C13H19NO/c1-11(13(2,3)4)14-15-10-12-8-6-5-7-9-12/h5-9H,10H2,1-4H3/b14-11+. The van der Waals surface area contributed by atoms with Gasteiger partial charge in [0.1, 0.15) is 6.61 Å². The monoisotopic (exact) mass is 205 g/mol. The molecule has 0 saturated carbocycles. The third-order valence-electron chi connectivity index (χ3n) is 2.36. The van der Waals surface area contributed by atoms with Crippen LogP contribution >= 0.6 is 0 Å². The maximum atomic E-state index is 5.30. The minimum Gasteiger partial charge on any atom is -0.391 e. The zero-order chi connectivity index (χ0) is 11.3. The molecule has 0 amide bonds. The van der Waals surface area contributed by atoms with E-state index < -0.39 is 0 Å². The maximum absolute atomic E-state index is 5.30. The van der Waals surface area contributed by atoms with Crippen molar-refractivity contribution < 1.29 is 4.84 Å². The van der Waals surface area contributed by atoms with Gasteiger partial charge in [-0.15, -0.1) is 0 Å². The van der Waals surface area contributed by atoms with Crippen LogP contribution in [0.25, 0.3) is 0 Å². The third kappa shape index (κ3) is 4.15. The van der Waals surface area contributed by atoms with Crippen molar-refractivity contribution >= 4 is 5.71 Å². The van der Waals surface area contributed by atoms with Gasteiger partial charge in [-0.2, -0.15) is 0 Å². The van der Waals surface area contributed by atoms with Crippen LogP contribution in [-0.2, 0) is 11.4 Å². The van der Waals surface area contributed by atoms with E-state index >= 15 is 0 Å². The van der Waals surface area contributed by atoms with Crippen molar-refractivity contribution in [1.82, 2.24) is 0 Å². The van der Waals surface area contributed by atoms with E-state index in [-0.39, 0.29) is 5.41 Å². The second-order valence-corrected chi connectivity index (χ2v) is 4.69. The highest BCUT2D eigenvalue weighted by atomic mass is 16.6. The van der Waals surface area contributed by atoms with Gasteiger partial charge in [-0.25, -0.2) is 0 Å². The number of hydrogen-bond acceptors (Lipinski definition) is 2. The number of oxime groups is 1. The third-order valence-corrected chi connectivity index (χ3v) is 2.36. The largest absolute Gasteiger partial charge is 0.391 e. The van der Waals surface area contributed by atoms with Gasteiger partial charge >= 0.3 is 0 Å². The normalized spacial score (nSPS) is 12.7. The molecule has 0 radical (unpaired) electrons. The van der Waals surface area contributed by atoms with E-state index in [9.17, 15) is 0 Å². The van der Waals surface area contributed by atoms with Crippen molar-refractivity contribution in [2.24, 2.45) is 10.6 Å². The molecule has 0 unspecified atom stereocenters. The van der Waals surface area contributed by atoms with E-state index in [0.717, 1.165) is 11.3 Å². The minimum absolute atomic E-state index is 0.0800. The molecule has 0 spiro atoms. The Morgan fingerprint density at radius 3 is 2.33 bits per heavy atom. The summed E-state index contributed by atoms with van der Waals surface area (Å²) in [4.78, 5) is 5.30. The van der Waals surface area contributed by atoms with Gasteiger partial charge in [0.05, 0.1) is 5.71 Å². The lowest BCUT2D eigenvalue weighted by molar-refractivity contribution is 0.127. The smallest absolute Gasteiger partial charge is 0.142 e. The lowest BCUT2D eigenvalue weighted by Crippen LogP contribution is -2.17. The van der Waals surface area contributed by atoms with Crippen molar-refractivity contribution in [2.75, 3.05) is 0 Å². The zero-order valence-corrected chi connectivity index (χ0v) is 9.95. The molecule has 0 aromatic heterocycles. The first-order chi connectivity index (χ1) is 7.00. The molecule has 2 nitrogen and oxygen atoms in total. The first kappa shape index (κ1) is 11.8. The van der Waals surface area contributed by atoms with Gasteiger partial charge < -0.3 is 4.84 Å². The summed E-state index contributed by atoms with van der Waals surface area (Å²) in [6.45, 7) is 8.90. The molecule has 1 aromatic rings. The van der Waals surface area contributed by atoms with Gasteiger partial charge in [-0.1, -0.05) is 56.3 Å². The van der Waals surface area contributed by atoms with E-state index in [0.29, 0.717) is 6.61 Å². The highest BCUT2D eigenvalue weighted by Crippen LogP contribution is 2.15. The number of rotatable bonds is 3. The van der Waals surface area contributed by atoms with Crippen molar-refractivity contribution in [1.29, 1.82) is 0 Å². The molecule has 0 aliphatic heterocycles. The van der Waals surface area contributed by atoms with Crippen molar-refractivity contribution in [3.05, 3.63) is 35.9 Å². The molecule has 1 aromatic carbocycles. The predicted octanol–water partition coefficient (Wildman–Crippen LogP) is 3.63. The molecule has 0 saturated heterocycles. The van der Waals surface area contributed by atoms with Crippen molar-refractivity contribution in [3.63, 3.8) is 0 Å². The molecular formula is C13H19NO. The summed E-state index contributed by atoms with van der Waals surface area (Å²) in [6.07, 6.45) is 0. The van der Waals surface area contributed by atoms with E-state index in [4.69, 9.17) is 4.84 Å². The summed E-state index contributed by atoms with van der Waals surface area (Å²) >= 11 is 0. The first-order valence-corrected chi connectivity index (χ1v) is 5.21. The van der Waals surface area contributed by atoms with Crippen LogP contribution < -0.4 is 0 Å². The van der Waals surface area contributed by atoms with Crippen LogP contribution in [0.15, 0.2) is 35.5 Å². The van der Waals surface area contributed by atoms with Crippen LogP contribution in [0.5, 0.6) is 0 Å². The Labute approximate surface area is 91.9 Å². The fourth-order valence-electron chi connectivity index (χ4n) is 0.915. The van der Waals surface area contributed by atoms with E-state index in [2.05, 4.69) is 25.9 Å². The van der Waals surface area contributed by atoms with Gasteiger partial charge in [0.25, 0.3) is 0 Å². The average molecular weight is 205 g/mol. The van der Waals surface area contributed by atoms with E-state index in [1.165, 1.54) is 0 Å². The highest BCUT2D eigenvalue weighted by Gasteiger charge is 2.14. The van der Waals surface area contributed by atoms with Crippen LogP contribution in [0.2, 0.25) is 0 Å². The highest BCUT2D eigenvalue weighted by molar-refractivity contribution is 5.86. The second kappa shape index (κ2) is 4.96. The minimum atomic E-state index is 0.0800. The number of hydrogen-bond donors (Lipinski definition) is 0. The molecule has 82 valence electrons. The molecule has 0 aliphatic rings. The molecule has 0 aliphatic carbocycles. The van der Waals surface area contributed by atoms with Crippen LogP contribution in [0, 0.1) is 5.41 Å². The van der Waals surface area contributed by atoms with E-state index in [1.807, 2.05) is 37.3 Å². The Morgan fingerprint density at radius 2 is 1.80 bits per heavy atom. The van der Waals surface area contributed by atoms with Crippen LogP contribution in [0.4, 0.5) is 0 Å². The maximum Gasteiger partial charge on any atom is 0.142 e. The summed E-state index contributed by atoms with van der Waals surface area (Å²) in [7, 11) is 0. The quantitative estimate of drug-likeness (QED) is 0.545. The Balaban J connectivity index is 2.46. The molecule has 0 N–H and O–H groups in total. The van der Waals surface area contributed by atoms with Crippen LogP contribution in [-0.4, -0.2) is 5.71 Å². The van der Waals surface area contributed by atoms with Gasteiger partial charge in [0.15, 0.2) is 0 Å². The summed E-state index contributed by atoms with van der Waals surface area (Å²) in [5, 5.41) is 4.11. The number of nitrogens with zero attached hydrogens (tertiary/aromatic N) is 1. The summed E-state index contributed by atoms with van der Waals surface area (Å²) in [6, 6.07) is 10.1. The van der Waals surface area contributed by atoms with Crippen molar-refractivity contribution in [3.8, 4) is 0 Å². The SMILES string of the molecule is C/C(=N\OCc1ccccc1)C(C)(C)C. The molecule has 0 atom stereocenters. The molecule has 1 rings (SSSR count). The average Bonchev–Trinajstić information content (AvgIpc) is 2.18. The second-order valence-electron chi connectivity index (χ2n) is 4.69. The predicted molar refractivity (Wildman–Crippen MR) is 63.8 cm³/mol. The van der Waals surface area contributed by atoms with Gasteiger partial charge in [-0.3, -0.25) is 0 Å². The Kier molecular flexibility index (Phi) is 3.89. The molecule has 15 heavy (non-hydrogen) atoms. The Bertz CT molecular complexity index is 322. The van der Waals surface area contributed by atoms with E-state index in [1.54, 1.807) is 0 Å². The summed E-state index contributed by atoms with van der Waals surface area (Å²) in [5.41, 5.74) is 2.23.